The minimum Gasteiger partial charge on any atom is -0.381 e. The normalized spacial score (nSPS) is 10.4. The van der Waals surface area contributed by atoms with Gasteiger partial charge in [0.25, 0.3) is 0 Å². The van der Waals surface area contributed by atoms with E-state index in [-0.39, 0.29) is 5.91 Å². The van der Waals surface area contributed by atoms with Crippen LogP contribution < -0.4 is 5.73 Å². The van der Waals surface area contributed by atoms with Gasteiger partial charge in [0.05, 0.1) is 6.61 Å². The lowest BCUT2D eigenvalue weighted by molar-refractivity contribution is -0.118. The van der Waals surface area contributed by atoms with E-state index in [9.17, 15) is 4.79 Å². The van der Waals surface area contributed by atoms with Gasteiger partial charge in [-0.15, -0.1) is 0 Å². The Morgan fingerprint density at radius 1 is 1.00 bits per heavy atom. The van der Waals surface area contributed by atoms with E-state index in [1.54, 1.807) is 0 Å². The second kappa shape index (κ2) is 9.66. The summed E-state index contributed by atoms with van der Waals surface area (Å²) in [5, 5.41) is 0. The molecular formula is C15H23NO2. The molecule has 3 nitrogen and oxygen atoms in total. The second-order valence-electron chi connectivity index (χ2n) is 4.48. The number of nitrogens with two attached hydrogens (primary N) is 1. The number of hydrogen-bond acceptors (Lipinski definition) is 2. The van der Waals surface area contributed by atoms with Gasteiger partial charge in [0, 0.05) is 13.0 Å². The summed E-state index contributed by atoms with van der Waals surface area (Å²) in [4.78, 5) is 10.5. The van der Waals surface area contributed by atoms with Crippen LogP contribution in [0.5, 0.6) is 0 Å². The summed E-state index contributed by atoms with van der Waals surface area (Å²) in [6.45, 7) is 1.59. The first-order valence-corrected chi connectivity index (χ1v) is 6.69. The lowest BCUT2D eigenvalue weighted by atomic mass is 10.1. The highest BCUT2D eigenvalue weighted by Gasteiger charge is 1.95. The standard InChI is InChI=1S/C15H23NO2/c16-15(17)10-6-1-2-7-12-18-13-11-14-8-4-3-5-9-14/h3-5,8-9H,1-2,6-7,10-13H2,(H2,16,17). The molecule has 1 amide bonds. The van der Waals surface area contributed by atoms with Crippen molar-refractivity contribution in [1.29, 1.82) is 0 Å². The van der Waals surface area contributed by atoms with Crippen LogP contribution in [0.25, 0.3) is 0 Å². The van der Waals surface area contributed by atoms with E-state index in [1.807, 2.05) is 18.2 Å². The van der Waals surface area contributed by atoms with Crippen molar-refractivity contribution in [3.63, 3.8) is 0 Å². The number of benzene rings is 1. The van der Waals surface area contributed by atoms with Crippen molar-refractivity contribution in [3.05, 3.63) is 35.9 Å². The van der Waals surface area contributed by atoms with Crippen LogP contribution in [-0.2, 0) is 16.0 Å². The highest BCUT2D eigenvalue weighted by molar-refractivity contribution is 5.73. The van der Waals surface area contributed by atoms with Gasteiger partial charge in [-0.3, -0.25) is 4.79 Å². The largest absolute Gasteiger partial charge is 0.381 e. The van der Waals surface area contributed by atoms with Crippen LogP contribution in [0.15, 0.2) is 30.3 Å². The summed E-state index contributed by atoms with van der Waals surface area (Å²) in [5.41, 5.74) is 6.38. The van der Waals surface area contributed by atoms with E-state index in [0.29, 0.717) is 6.42 Å². The molecule has 0 saturated carbocycles. The number of unbranched alkanes of at least 4 members (excludes halogenated alkanes) is 3. The lowest BCUT2D eigenvalue weighted by Crippen LogP contribution is -2.09. The topological polar surface area (TPSA) is 52.3 Å². The molecule has 18 heavy (non-hydrogen) atoms. The van der Waals surface area contributed by atoms with Crippen molar-refractivity contribution in [2.75, 3.05) is 13.2 Å². The number of amides is 1. The Balaban J connectivity index is 1.86. The van der Waals surface area contributed by atoms with Crippen LogP contribution >= 0.6 is 0 Å². The number of ether oxygens (including phenoxy) is 1. The van der Waals surface area contributed by atoms with Gasteiger partial charge in [0.2, 0.25) is 5.91 Å². The van der Waals surface area contributed by atoms with Crippen LogP contribution in [0.2, 0.25) is 0 Å². The fraction of sp³-hybridized carbons (Fsp3) is 0.533. The first kappa shape index (κ1) is 14.7. The molecule has 0 saturated heterocycles. The van der Waals surface area contributed by atoms with Crippen molar-refractivity contribution in [2.24, 2.45) is 5.73 Å². The molecule has 1 aromatic rings. The molecule has 1 rings (SSSR count). The van der Waals surface area contributed by atoms with E-state index in [1.165, 1.54) is 5.56 Å². The van der Waals surface area contributed by atoms with Crippen LogP contribution in [-0.4, -0.2) is 19.1 Å². The summed E-state index contributed by atoms with van der Waals surface area (Å²) < 4.78 is 5.57. The molecule has 0 aromatic heterocycles. The van der Waals surface area contributed by atoms with Gasteiger partial charge < -0.3 is 10.5 Å². The zero-order valence-electron chi connectivity index (χ0n) is 10.9. The molecule has 0 atom stereocenters. The van der Waals surface area contributed by atoms with E-state index in [4.69, 9.17) is 10.5 Å². The quantitative estimate of drug-likeness (QED) is 0.648. The molecule has 3 heteroatoms. The number of rotatable bonds is 10. The zero-order chi connectivity index (χ0) is 13.1. The van der Waals surface area contributed by atoms with Gasteiger partial charge >= 0.3 is 0 Å². The first-order chi connectivity index (χ1) is 8.79. The number of primary amides is 1. The van der Waals surface area contributed by atoms with Gasteiger partial charge in [-0.25, -0.2) is 0 Å². The molecular weight excluding hydrogens is 226 g/mol. The minimum absolute atomic E-state index is 0.200. The summed E-state index contributed by atoms with van der Waals surface area (Å²) in [5.74, 6) is -0.200. The first-order valence-electron chi connectivity index (χ1n) is 6.69. The van der Waals surface area contributed by atoms with Crippen LogP contribution in [0.3, 0.4) is 0 Å². The zero-order valence-corrected chi connectivity index (χ0v) is 10.9. The molecule has 100 valence electrons. The Morgan fingerprint density at radius 2 is 1.72 bits per heavy atom. The van der Waals surface area contributed by atoms with Gasteiger partial charge in [-0.1, -0.05) is 43.2 Å². The molecule has 0 bridgehead atoms. The smallest absolute Gasteiger partial charge is 0.217 e. The molecule has 1 aromatic carbocycles. The van der Waals surface area contributed by atoms with E-state index in [0.717, 1.165) is 45.3 Å². The highest BCUT2D eigenvalue weighted by Crippen LogP contribution is 2.04. The summed E-state index contributed by atoms with van der Waals surface area (Å²) in [6, 6.07) is 10.4. The highest BCUT2D eigenvalue weighted by atomic mass is 16.5. The fourth-order valence-electron chi connectivity index (χ4n) is 1.79. The molecule has 0 aliphatic heterocycles. The van der Waals surface area contributed by atoms with E-state index < -0.39 is 0 Å². The Bertz CT molecular complexity index is 325. The van der Waals surface area contributed by atoms with Crippen molar-refractivity contribution in [3.8, 4) is 0 Å². The van der Waals surface area contributed by atoms with Crippen LogP contribution in [0.4, 0.5) is 0 Å². The molecule has 0 radical (unpaired) electrons. The molecule has 2 N–H and O–H groups in total. The minimum atomic E-state index is -0.200. The summed E-state index contributed by atoms with van der Waals surface area (Å²) in [6.07, 6.45) is 5.62. The van der Waals surface area contributed by atoms with Crippen molar-refractivity contribution < 1.29 is 9.53 Å². The number of carbonyl (C=O) groups is 1. The number of carbonyl (C=O) groups excluding carboxylic acids is 1. The Labute approximate surface area is 109 Å². The maximum atomic E-state index is 10.5. The molecule has 0 heterocycles. The Hall–Kier alpha value is -1.35. The maximum Gasteiger partial charge on any atom is 0.217 e. The second-order valence-corrected chi connectivity index (χ2v) is 4.48. The average molecular weight is 249 g/mol. The Kier molecular flexibility index (Phi) is 7.89. The van der Waals surface area contributed by atoms with E-state index >= 15 is 0 Å². The third-order valence-corrected chi connectivity index (χ3v) is 2.84. The van der Waals surface area contributed by atoms with Crippen LogP contribution in [0, 0.1) is 0 Å². The third-order valence-electron chi connectivity index (χ3n) is 2.84. The predicted octanol–water partition coefficient (Wildman–Crippen LogP) is 2.68. The summed E-state index contributed by atoms with van der Waals surface area (Å²) >= 11 is 0. The van der Waals surface area contributed by atoms with Crippen molar-refractivity contribution >= 4 is 5.91 Å². The summed E-state index contributed by atoms with van der Waals surface area (Å²) in [7, 11) is 0. The predicted molar refractivity (Wildman–Crippen MR) is 73.2 cm³/mol. The molecule has 0 spiro atoms. The Morgan fingerprint density at radius 3 is 2.44 bits per heavy atom. The van der Waals surface area contributed by atoms with Gasteiger partial charge in [-0.05, 0) is 24.8 Å². The monoisotopic (exact) mass is 249 g/mol. The SMILES string of the molecule is NC(=O)CCCCCCOCCc1ccccc1. The lowest BCUT2D eigenvalue weighted by Gasteiger charge is -2.04. The van der Waals surface area contributed by atoms with Gasteiger partial charge in [-0.2, -0.15) is 0 Å². The maximum absolute atomic E-state index is 10.5. The molecule has 0 aliphatic rings. The fourth-order valence-corrected chi connectivity index (χ4v) is 1.79. The molecule has 0 fully saturated rings. The van der Waals surface area contributed by atoms with Crippen molar-refractivity contribution in [2.45, 2.75) is 38.5 Å². The average Bonchev–Trinajstić information content (AvgIpc) is 2.37. The van der Waals surface area contributed by atoms with Crippen molar-refractivity contribution in [1.82, 2.24) is 0 Å². The number of hydrogen-bond donors (Lipinski definition) is 1. The van der Waals surface area contributed by atoms with E-state index in [2.05, 4.69) is 12.1 Å². The third kappa shape index (κ3) is 7.85. The van der Waals surface area contributed by atoms with Gasteiger partial charge in [0.15, 0.2) is 0 Å². The molecule has 0 aliphatic carbocycles. The van der Waals surface area contributed by atoms with Crippen LogP contribution in [0.1, 0.15) is 37.7 Å². The van der Waals surface area contributed by atoms with Gasteiger partial charge in [0.1, 0.15) is 0 Å². The molecule has 0 unspecified atom stereocenters.